The Morgan fingerprint density at radius 3 is 2.30 bits per heavy atom. The summed E-state index contributed by atoms with van der Waals surface area (Å²) < 4.78 is 0. The van der Waals surface area contributed by atoms with Crippen LogP contribution >= 0.6 is 11.3 Å². The topological polar surface area (TPSA) is 66.6 Å². The summed E-state index contributed by atoms with van der Waals surface area (Å²) in [6.07, 6.45) is 7.43. The molecule has 2 N–H and O–H groups in total. The molecule has 3 heterocycles. The largest absolute Gasteiger partial charge is 0.369 e. The molecule has 0 aromatic carbocycles. The van der Waals surface area contributed by atoms with Crippen molar-refractivity contribution in [2.75, 3.05) is 26.2 Å². The third-order valence-electron chi connectivity index (χ3n) is 6.87. The van der Waals surface area contributed by atoms with Crippen molar-refractivity contribution >= 4 is 23.2 Å². The van der Waals surface area contributed by atoms with Crippen LogP contribution in [0.4, 0.5) is 0 Å². The minimum atomic E-state index is -0.259. The van der Waals surface area contributed by atoms with E-state index in [1.54, 1.807) is 11.3 Å². The summed E-state index contributed by atoms with van der Waals surface area (Å²) >= 11 is 1.59. The fraction of sp³-hybridized carbons (Fsp3) is 0.714. The van der Waals surface area contributed by atoms with Crippen LogP contribution in [0, 0.1) is 18.3 Å². The van der Waals surface area contributed by atoms with Gasteiger partial charge in [0.25, 0.3) is 5.91 Å². The number of aryl methyl sites for hydroxylation is 1. The second-order valence-corrected chi connectivity index (χ2v) is 10.0. The maximum Gasteiger partial charge on any atom is 0.263 e. The minimum absolute atomic E-state index is 0.0827. The van der Waals surface area contributed by atoms with Gasteiger partial charge in [0.2, 0.25) is 5.91 Å². The van der Waals surface area contributed by atoms with Crippen LogP contribution in [0.15, 0.2) is 12.1 Å². The standard InChI is InChI=1S/C21H31N3O2S/c1-15-2-5-18(27-15)19(25)24-10-6-17(7-11-24)23-12-8-21(9-13-23,20(22)26)14-16-3-4-16/h2,5,16-17H,3-4,6-14H2,1H3,(H2,22,26). The molecule has 1 aromatic rings. The Bertz CT molecular complexity index is 696. The van der Waals surface area contributed by atoms with E-state index in [4.69, 9.17) is 5.73 Å². The molecule has 0 atom stereocenters. The molecule has 1 saturated carbocycles. The summed E-state index contributed by atoms with van der Waals surface area (Å²) in [6.45, 7) is 5.65. The lowest BCUT2D eigenvalue weighted by molar-refractivity contribution is -0.132. The zero-order chi connectivity index (χ0) is 19.0. The van der Waals surface area contributed by atoms with Crippen molar-refractivity contribution in [3.8, 4) is 0 Å². The first-order valence-corrected chi connectivity index (χ1v) is 11.2. The average Bonchev–Trinajstić information content (AvgIpc) is 3.38. The first kappa shape index (κ1) is 18.9. The number of piperidine rings is 2. The van der Waals surface area contributed by atoms with Crippen LogP contribution in [-0.4, -0.2) is 53.8 Å². The summed E-state index contributed by atoms with van der Waals surface area (Å²) in [5.74, 6) is 0.835. The van der Waals surface area contributed by atoms with E-state index in [0.29, 0.717) is 6.04 Å². The van der Waals surface area contributed by atoms with E-state index in [-0.39, 0.29) is 17.2 Å². The molecule has 1 aliphatic carbocycles. The van der Waals surface area contributed by atoms with Gasteiger partial charge < -0.3 is 15.5 Å². The van der Waals surface area contributed by atoms with E-state index in [9.17, 15) is 9.59 Å². The number of hydrogen-bond acceptors (Lipinski definition) is 4. The van der Waals surface area contributed by atoms with Crippen LogP contribution in [0.1, 0.15) is 59.5 Å². The lowest BCUT2D eigenvalue weighted by atomic mass is 9.73. The molecular formula is C21H31N3O2S. The highest BCUT2D eigenvalue weighted by atomic mass is 32.1. The van der Waals surface area contributed by atoms with Crippen molar-refractivity contribution in [1.29, 1.82) is 0 Å². The average molecular weight is 390 g/mol. The predicted molar refractivity (Wildman–Crippen MR) is 108 cm³/mol. The van der Waals surface area contributed by atoms with Crippen LogP contribution in [0.25, 0.3) is 0 Å². The SMILES string of the molecule is Cc1ccc(C(=O)N2CCC(N3CCC(CC4CC4)(C(N)=O)CC3)CC2)s1. The molecule has 0 bridgehead atoms. The maximum absolute atomic E-state index is 12.6. The lowest BCUT2D eigenvalue weighted by Gasteiger charge is -2.45. The molecule has 0 radical (unpaired) electrons. The normalized spacial score (nSPS) is 24.1. The van der Waals surface area contributed by atoms with Crippen LogP contribution < -0.4 is 5.73 Å². The van der Waals surface area contributed by atoms with Gasteiger partial charge in [-0.1, -0.05) is 12.8 Å². The molecule has 1 aromatic heterocycles. The Labute approximate surface area is 165 Å². The van der Waals surface area contributed by atoms with Crippen molar-refractivity contribution in [1.82, 2.24) is 9.80 Å². The van der Waals surface area contributed by atoms with Crippen LogP contribution in [0.2, 0.25) is 0 Å². The van der Waals surface area contributed by atoms with Gasteiger partial charge in [0.05, 0.1) is 10.3 Å². The molecule has 4 rings (SSSR count). The van der Waals surface area contributed by atoms with Gasteiger partial charge >= 0.3 is 0 Å². The van der Waals surface area contributed by atoms with Crippen molar-refractivity contribution in [3.63, 3.8) is 0 Å². The van der Waals surface area contributed by atoms with Gasteiger partial charge in [-0.3, -0.25) is 9.59 Å². The van der Waals surface area contributed by atoms with Gasteiger partial charge in [-0.15, -0.1) is 11.3 Å². The summed E-state index contributed by atoms with van der Waals surface area (Å²) in [4.78, 5) is 31.4. The van der Waals surface area contributed by atoms with Crippen molar-refractivity contribution in [3.05, 3.63) is 21.9 Å². The summed E-state index contributed by atoms with van der Waals surface area (Å²) in [7, 11) is 0. The van der Waals surface area contributed by atoms with E-state index < -0.39 is 0 Å². The molecule has 3 fully saturated rings. The molecule has 2 saturated heterocycles. The van der Waals surface area contributed by atoms with E-state index in [0.717, 1.165) is 69.1 Å². The van der Waals surface area contributed by atoms with Crippen molar-refractivity contribution in [2.45, 2.75) is 57.9 Å². The Hall–Kier alpha value is -1.40. The number of likely N-dealkylation sites (tertiary alicyclic amines) is 2. The molecule has 148 valence electrons. The monoisotopic (exact) mass is 389 g/mol. The third-order valence-corrected chi connectivity index (χ3v) is 7.86. The number of carbonyl (C=O) groups is 2. The fourth-order valence-electron chi connectivity index (χ4n) is 4.88. The maximum atomic E-state index is 12.6. The highest BCUT2D eigenvalue weighted by Crippen LogP contribution is 2.46. The van der Waals surface area contributed by atoms with Gasteiger partial charge in [0, 0.05) is 24.0 Å². The Balaban J connectivity index is 1.29. The Morgan fingerprint density at radius 1 is 1.11 bits per heavy atom. The second-order valence-electron chi connectivity index (χ2n) is 8.76. The minimum Gasteiger partial charge on any atom is -0.369 e. The number of hydrogen-bond donors (Lipinski definition) is 1. The first-order chi connectivity index (χ1) is 13.0. The number of nitrogens with zero attached hydrogens (tertiary/aromatic N) is 2. The fourth-order valence-corrected chi connectivity index (χ4v) is 5.72. The van der Waals surface area contributed by atoms with Crippen LogP contribution in [0.5, 0.6) is 0 Å². The number of thiophene rings is 1. The smallest absolute Gasteiger partial charge is 0.263 e. The molecule has 0 spiro atoms. The van der Waals surface area contributed by atoms with E-state index in [2.05, 4.69) is 4.90 Å². The molecule has 27 heavy (non-hydrogen) atoms. The van der Waals surface area contributed by atoms with E-state index in [1.165, 1.54) is 17.7 Å². The van der Waals surface area contributed by atoms with Gasteiger partial charge in [0.15, 0.2) is 0 Å². The number of carbonyl (C=O) groups excluding carboxylic acids is 2. The van der Waals surface area contributed by atoms with E-state index in [1.807, 2.05) is 24.0 Å². The van der Waals surface area contributed by atoms with Crippen LogP contribution in [-0.2, 0) is 4.79 Å². The summed E-state index contributed by atoms with van der Waals surface area (Å²) in [5, 5.41) is 0. The van der Waals surface area contributed by atoms with Gasteiger partial charge in [-0.05, 0) is 70.2 Å². The molecule has 2 aliphatic heterocycles. The highest BCUT2D eigenvalue weighted by molar-refractivity contribution is 7.13. The molecule has 3 aliphatic rings. The van der Waals surface area contributed by atoms with Gasteiger partial charge in [-0.2, -0.15) is 0 Å². The zero-order valence-electron chi connectivity index (χ0n) is 16.3. The summed E-state index contributed by atoms with van der Waals surface area (Å²) in [6, 6.07) is 4.50. The van der Waals surface area contributed by atoms with Gasteiger partial charge in [-0.25, -0.2) is 0 Å². The van der Waals surface area contributed by atoms with Gasteiger partial charge in [0.1, 0.15) is 0 Å². The molecule has 6 heteroatoms. The number of nitrogens with two attached hydrogens (primary N) is 1. The Kier molecular flexibility index (Phi) is 5.30. The second kappa shape index (κ2) is 7.55. The Morgan fingerprint density at radius 2 is 1.78 bits per heavy atom. The number of amides is 2. The molecular weight excluding hydrogens is 358 g/mol. The lowest BCUT2D eigenvalue weighted by Crippen LogP contribution is -2.53. The number of primary amides is 1. The van der Waals surface area contributed by atoms with Crippen LogP contribution in [0.3, 0.4) is 0 Å². The molecule has 2 amide bonds. The summed E-state index contributed by atoms with van der Waals surface area (Å²) in [5.41, 5.74) is 5.55. The number of rotatable bonds is 5. The third kappa shape index (κ3) is 4.06. The van der Waals surface area contributed by atoms with Crippen molar-refractivity contribution < 1.29 is 9.59 Å². The molecule has 5 nitrogen and oxygen atoms in total. The first-order valence-electron chi connectivity index (χ1n) is 10.4. The predicted octanol–water partition coefficient (Wildman–Crippen LogP) is 3.03. The molecule has 0 unspecified atom stereocenters. The highest BCUT2D eigenvalue weighted by Gasteiger charge is 2.44. The van der Waals surface area contributed by atoms with Crippen molar-refractivity contribution in [2.24, 2.45) is 17.1 Å². The quantitative estimate of drug-likeness (QED) is 0.842. The van der Waals surface area contributed by atoms with E-state index >= 15 is 0 Å². The zero-order valence-corrected chi connectivity index (χ0v) is 17.1.